The molecule has 4 rings (SSSR count). The molecule has 1 N–H and O–H groups in total. The summed E-state index contributed by atoms with van der Waals surface area (Å²) in [5.74, 6) is 1.32. The second kappa shape index (κ2) is 12.7. The van der Waals surface area contributed by atoms with E-state index in [9.17, 15) is 13.2 Å². The second-order valence-electron chi connectivity index (χ2n) is 8.72. The van der Waals surface area contributed by atoms with E-state index in [2.05, 4.69) is 10.5 Å². The Morgan fingerprint density at radius 1 is 0.846 bits per heavy atom. The Kier molecular flexibility index (Phi) is 8.96. The van der Waals surface area contributed by atoms with Crippen molar-refractivity contribution in [1.82, 2.24) is 5.43 Å². The van der Waals surface area contributed by atoms with Gasteiger partial charge in [-0.1, -0.05) is 48.5 Å². The standard InChI is InChI=1S/C30H29N3O5S/c1-23(33(39(2,35)36)26-15-19-29(20-16-26)38-28-11-7-4-8-12-28)30(34)32-31-21-24-13-17-27(18-14-24)37-22-25-9-5-3-6-10-25/h3-21,23H,22H2,1-2H3,(H,32,34)/b31-21-/t23-/m1/s1. The van der Waals surface area contributed by atoms with Gasteiger partial charge in [0, 0.05) is 0 Å². The minimum Gasteiger partial charge on any atom is -0.489 e. The van der Waals surface area contributed by atoms with Crippen molar-refractivity contribution in [2.45, 2.75) is 19.6 Å². The Bertz CT molecular complexity index is 1490. The third-order valence-corrected chi connectivity index (χ3v) is 6.92. The number of nitrogens with zero attached hydrogens (tertiary/aromatic N) is 2. The van der Waals surface area contributed by atoms with Crippen molar-refractivity contribution in [3.05, 3.63) is 120 Å². The minimum atomic E-state index is -3.78. The lowest BCUT2D eigenvalue weighted by Gasteiger charge is -2.27. The first-order valence-electron chi connectivity index (χ1n) is 12.2. The third kappa shape index (κ3) is 7.93. The molecular formula is C30H29N3O5S. The number of rotatable bonds is 11. The van der Waals surface area contributed by atoms with Crippen molar-refractivity contribution in [1.29, 1.82) is 0 Å². The summed E-state index contributed by atoms with van der Waals surface area (Å²) in [5.41, 5.74) is 4.57. The van der Waals surface area contributed by atoms with Crippen molar-refractivity contribution in [2.24, 2.45) is 5.10 Å². The number of nitrogens with one attached hydrogen (secondary N) is 1. The highest BCUT2D eigenvalue weighted by Crippen LogP contribution is 2.27. The summed E-state index contributed by atoms with van der Waals surface area (Å²) in [5, 5.41) is 4.00. The first-order valence-corrected chi connectivity index (χ1v) is 14.1. The number of sulfonamides is 1. The van der Waals surface area contributed by atoms with Crippen LogP contribution >= 0.6 is 0 Å². The highest BCUT2D eigenvalue weighted by Gasteiger charge is 2.29. The van der Waals surface area contributed by atoms with Crippen molar-refractivity contribution in [2.75, 3.05) is 10.6 Å². The molecule has 0 aromatic heterocycles. The number of hydrogen-bond donors (Lipinski definition) is 1. The van der Waals surface area contributed by atoms with Gasteiger partial charge >= 0.3 is 0 Å². The number of benzene rings is 4. The van der Waals surface area contributed by atoms with E-state index in [0.717, 1.165) is 21.7 Å². The van der Waals surface area contributed by atoms with Crippen LogP contribution in [-0.2, 0) is 21.4 Å². The van der Waals surface area contributed by atoms with Gasteiger partial charge in [0.15, 0.2) is 0 Å². The monoisotopic (exact) mass is 543 g/mol. The fourth-order valence-corrected chi connectivity index (χ4v) is 4.92. The Morgan fingerprint density at radius 3 is 2.03 bits per heavy atom. The van der Waals surface area contributed by atoms with Crippen LogP contribution in [0.4, 0.5) is 5.69 Å². The number of carbonyl (C=O) groups is 1. The fraction of sp³-hybridized carbons (Fsp3) is 0.133. The molecule has 1 amide bonds. The van der Waals surface area contributed by atoms with E-state index in [1.807, 2.05) is 72.8 Å². The van der Waals surface area contributed by atoms with E-state index in [-0.39, 0.29) is 0 Å². The number of anilines is 1. The largest absolute Gasteiger partial charge is 0.489 e. The van der Waals surface area contributed by atoms with Gasteiger partial charge in [-0.2, -0.15) is 5.10 Å². The smallest absolute Gasteiger partial charge is 0.263 e. The zero-order chi connectivity index (χ0) is 27.7. The number of hydrazone groups is 1. The van der Waals surface area contributed by atoms with Crippen LogP contribution in [0.5, 0.6) is 17.2 Å². The van der Waals surface area contributed by atoms with Gasteiger partial charge in [0.05, 0.1) is 18.2 Å². The Morgan fingerprint density at radius 2 is 1.41 bits per heavy atom. The zero-order valence-electron chi connectivity index (χ0n) is 21.6. The Balaban J connectivity index is 1.35. The molecule has 8 nitrogen and oxygen atoms in total. The van der Waals surface area contributed by atoms with Gasteiger partial charge in [-0.05, 0) is 78.7 Å². The van der Waals surface area contributed by atoms with E-state index in [0.29, 0.717) is 29.5 Å². The third-order valence-electron chi connectivity index (χ3n) is 5.68. The van der Waals surface area contributed by atoms with Gasteiger partial charge in [-0.3, -0.25) is 9.10 Å². The summed E-state index contributed by atoms with van der Waals surface area (Å²) < 4.78 is 37.8. The maximum atomic E-state index is 12.8. The van der Waals surface area contributed by atoms with Crippen molar-refractivity contribution in [3.63, 3.8) is 0 Å². The van der Waals surface area contributed by atoms with Crippen molar-refractivity contribution >= 4 is 27.8 Å². The maximum Gasteiger partial charge on any atom is 0.263 e. The summed E-state index contributed by atoms with van der Waals surface area (Å²) >= 11 is 0. The molecule has 0 fully saturated rings. The van der Waals surface area contributed by atoms with E-state index in [4.69, 9.17) is 9.47 Å². The van der Waals surface area contributed by atoms with Gasteiger partial charge in [0.2, 0.25) is 10.0 Å². The molecule has 1 atom stereocenters. The number of hydrogen-bond acceptors (Lipinski definition) is 6. The van der Waals surface area contributed by atoms with Gasteiger partial charge < -0.3 is 9.47 Å². The van der Waals surface area contributed by atoms with E-state index >= 15 is 0 Å². The molecule has 4 aromatic rings. The highest BCUT2D eigenvalue weighted by molar-refractivity contribution is 7.92. The van der Waals surface area contributed by atoms with Crippen LogP contribution in [0.15, 0.2) is 114 Å². The first kappa shape index (κ1) is 27.4. The summed E-state index contributed by atoms with van der Waals surface area (Å²) in [6.45, 7) is 1.96. The maximum absolute atomic E-state index is 12.8. The first-order chi connectivity index (χ1) is 18.8. The van der Waals surface area contributed by atoms with Crippen LogP contribution in [0.1, 0.15) is 18.1 Å². The van der Waals surface area contributed by atoms with Gasteiger partial charge in [-0.15, -0.1) is 0 Å². The average Bonchev–Trinajstić information content (AvgIpc) is 2.94. The van der Waals surface area contributed by atoms with Gasteiger partial charge in [0.1, 0.15) is 29.9 Å². The van der Waals surface area contributed by atoms with E-state index < -0.39 is 22.0 Å². The van der Waals surface area contributed by atoms with Crippen molar-refractivity contribution in [3.8, 4) is 17.2 Å². The Labute approximate surface area is 228 Å². The molecule has 0 spiro atoms. The highest BCUT2D eigenvalue weighted by atomic mass is 32.2. The zero-order valence-corrected chi connectivity index (χ0v) is 22.4. The van der Waals surface area contributed by atoms with Crippen LogP contribution in [0, 0.1) is 0 Å². The predicted octanol–water partition coefficient (Wildman–Crippen LogP) is 5.36. The molecule has 0 unspecified atom stereocenters. The summed E-state index contributed by atoms with van der Waals surface area (Å²) in [6.07, 6.45) is 2.53. The molecule has 9 heteroatoms. The molecule has 0 aliphatic rings. The van der Waals surface area contributed by atoms with Crippen LogP contribution in [0.3, 0.4) is 0 Å². The molecule has 0 saturated heterocycles. The summed E-state index contributed by atoms with van der Waals surface area (Å²) in [6, 6.07) is 31.8. The fourth-order valence-electron chi connectivity index (χ4n) is 3.75. The topological polar surface area (TPSA) is 97.3 Å². The number of carbonyl (C=O) groups excluding carboxylic acids is 1. The quantitative estimate of drug-likeness (QED) is 0.203. The SMILES string of the molecule is C[C@H](C(=O)N/N=C\c1ccc(OCc2ccccc2)cc1)N(c1ccc(Oc2ccccc2)cc1)S(C)(=O)=O. The number of ether oxygens (including phenoxy) is 2. The van der Waals surface area contributed by atoms with Crippen LogP contribution in [0.25, 0.3) is 0 Å². The number of para-hydroxylation sites is 1. The van der Waals surface area contributed by atoms with E-state index in [1.54, 1.807) is 36.4 Å². The molecule has 39 heavy (non-hydrogen) atoms. The lowest BCUT2D eigenvalue weighted by Crippen LogP contribution is -2.46. The van der Waals surface area contributed by atoms with Gasteiger partial charge in [0.25, 0.3) is 5.91 Å². The summed E-state index contributed by atoms with van der Waals surface area (Å²) in [4.78, 5) is 12.8. The van der Waals surface area contributed by atoms with Crippen LogP contribution < -0.4 is 19.2 Å². The average molecular weight is 544 g/mol. The lowest BCUT2D eigenvalue weighted by atomic mass is 10.2. The molecule has 0 heterocycles. The second-order valence-corrected chi connectivity index (χ2v) is 10.6. The summed E-state index contributed by atoms with van der Waals surface area (Å²) in [7, 11) is -3.78. The molecule has 0 aliphatic carbocycles. The van der Waals surface area contributed by atoms with Crippen LogP contribution in [0.2, 0.25) is 0 Å². The molecule has 0 saturated carbocycles. The normalized spacial score (nSPS) is 12.1. The molecule has 4 aromatic carbocycles. The lowest BCUT2D eigenvalue weighted by molar-refractivity contribution is -0.121. The van der Waals surface area contributed by atoms with Gasteiger partial charge in [-0.25, -0.2) is 13.8 Å². The molecule has 0 radical (unpaired) electrons. The number of amides is 1. The van der Waals surface area contributed by atoms with Crippen LogP contribution in [-0.4, -0.2) is 32.8 Å². The van der Waals surface area contributed by atoms with E-state index in [1.165, 1.54) is 13.1 Å². The Hall–Kier alpha value is -4.63. The molecular weight excluding hydrogens is 514 g/mol. The molecule has 0 bridgehead atoms. The predicted molar refractivity (Wildman–Crippen MR) is 153 cm³/mol. The van der Waals surface area contributed by atoms with Crippen molar-refractivity contribution < 1.29 is 22.7 Å². The minimum absolute atomic E-state index is 0.329. The molecule has 0 aliphatic heterocycles. The molecule has 200 valence electrons.